The fraction of sp³-hybridized carbons (Fsp3) is 0.217. The van der Waals surface area contributed by atoms with Crippen molar-refractivity contribution in [2.75, 3.05) is 0 Å². The highest BCUT2D eigenvalue weighted by molar-refractivity contribution is 6.30. The molecule has 0 aliphatic heterocycles. The van der Waals surface area contributed by atoms with Crippen LogP contribution in [0.1, 0.15) is 37.0 Å². The van der Waals surface area contributed by atoms with E-state index in [0.717, 1.165) is 11.3 Å². The van der Waals surface area contributed by atoms with Gasteiger partial charge < -0.3 is 9.67 Å². The second-order valence-electron chi connectivity index (χ2n) is 7.46. The van der Waals surface area contributed by atoms with E-state index in [1.807, 2.05) is 12.1 Å². The highest BCUT2D eigenvalue weighted by Gasteiger charge is 2.13. The summed E-state index contributed by atoms with van der Waals surface area (Å²) < 4.78 is 3.08. The third-order valence-corrected chi connectivity index (χ3v) is 5.35. The van der Waals surface area contributed by atoms with Gasteiger partial charge >= 0.3 is 0 Å². The molecule has 0 spiro atoms. The highest BCUT2D eigenvalue weighted by atomic mass is 35.5. The molecule has 4 rings (SSSR count). The molecule has 1 unspecified atom stereocenters. The molecule has 2 aromatic carbocycles. The van der Waals surface area contributed by atoms with Gasteiger partial charge in [-0.2, -0.15) is 5.10 Å². The van der Waals surface area contributed by atoms with E-state index >= 15 is 0 Å². The number of hydrogen-bond acceptors (Lipinski definition) is 3. The molecule has 0 aliphatic carbocycles. The monoisotopic (exact) mass is 407 g/mol. The average Bonchev–Trinajstić information content (AvgIpc) is 3.16. The van der Waals surface area contributed by atoms with Crippen LogP contribution in [0.2, 0.25) is 5.02 Å². The Labute approximate surface area is 173 Å². The van der Waals surface area contributed by atoms with Crippen LogP contribution in [-0.2, 0) is 6.54 Å². The topological polar surface area (TPSA) is 59.5 Å². The van der Waals surface area contributed by atoms with Gasteiger partial charge in [-0.1, -0.05) is 61.8 Å². The molecule has 0 amide bonds. The van der Waals surface area contributed by atoms with Gasteiger partial charge in [-0.05, 0) is 35.2 Å². The molecular formula is C23H22ClN3O2. The van der Waals surface area contributed by atoms with Crippen molar-refractivity contribution >= 4 is 17.1 Å². The minimum Gasteiger partial charge on any atom is -0.387 e. The average molecular weight is 408 g/mol. The van der Waals surface area contributed by atoms with E-state index in [2.05, 4.69) is 31.1 Å². The molecule has 1 N–H and O–H groups in total. The number of hydrogen-bond donors (Lipinski definition) is 1. The molecule has 2 aromatic heterocycles. The Kier molecular flexibility index (Phi) is 5.26. The quantitative estimate of drug-likeness (QED) is 0.522. The first-order valence-corrected chi connectivity index (χ1v) is 9.93. The lowest BCUT2D eigenvalue weighted by atomic mass is 10.0. The molecule has 0 radical (unpaired) electrons. The highest BCUT2D eigenvalue weighted by Crippen LogP contribution is 2.22. The van der Waals surface area contributed by atoms with E-state index in [0.29, 0.717) is 22.0 Å². The van der Waals surface area contributed by atoms with Gasteiger partial charge in [0.25, 0.3) is 5.56 Å². The van der Waals surface area contributed by atoms with Gasteiger partial charge in [-0.15, -0.1) is 0 Å². The number of nitrogens with zero attached hydrogens (tertiary/aromatic N) is 3. The van der Waals surface area contributed by atoms with Crippen molar-refractivity contribution in [2.45, 2.75) is 32.4 Å². The molecule has 2 heterocycles. The summed E-state index contributed by atoms with van der Waals surface area (Å²) >= 11 is 5.90. The third kappa shape index (κ3) is 3.97. The lowest BCUT2D eigenvalue weighted by Gasteiger charge is -2.13. The van der Waals surface area contributed by atoms with Crippen LogP contribution in [-0.4, -0.2) is 19.3 Å². The molecule has 6 heteroatoms. The Morgan fingerprint density at radius 2 is 1.66 bits per heavy atom. The van der Waals surface area contributed by atoms with E-state index in [4.69, 9.17) is 11.6 Å². The van der Waals surface area contributed by atoms with Crippen LogP contribution >= 0.6 is 11.6 Å². The zero-order chi connectivity index (χ0) is 20.5. The number of aliphatic hydroxyl groups excluding tert-OH is 1. The van der Waals surface area contributed by atoms with Crippen molar-refractivity contribution in [1.82, 2.24) is 14.2 Å². The fourth-order valence-corrected chi connectivity index (χ4v) is 3.45. The maximum Gasteiger partial charge on any atom is 0.276 e. The number of benzene rings is 2. The maximum atomic E-state index is 12.9. The van der Waals surface area contributed by atoms with Crippen LogP contribution in [0.3, 0.4) is 0 Å². The second-order valence-corrected chi connectivity index (χ2v) is 7.90. The van der Waals surface area contributed by atoms with Crippen LogP contribution < -0.4 is 5.56 Å². The van der Waals surface area contributed by atoms with Crippen molar-refractivity contribution in [3.05, 3.63) is 93.5 Å². The number of halogens is 1. The Bertz CT molecular complexity index is 1190. The van der Waals surface area contributed by atoms with Crippen molar-refractivity contribution in [1.29, 1.82) is 0 Å². The summed E-state index contributed by atoms with van der Waals surface area (Å²) in [7, 11) is 0. The first kappa shape index (κ1) is 19.4. The minimum atomic E-state index is -0.807. The lowest BCUT2D eigenvalue weighted by molar-refractivity contribution is 0.155. The summed E-state index contributed by atoms with van der Waals surface area (Å²) in [4.78, 5) is 12.9. The van der Waals surface area contributed by atoms with Crippen LogP contribution in [0.15, 0.2) is 71.8 Å². The van der Waals surface area contributed by atoms with Crippen molar-refractivity contribution in [2.24, 2.45) is 0 Å². The van der Waals surface area contributed by atoms with Gasteiger partial charge in [0.15, 0.2) is 0 Å². The minimum absolute atomic E-state index is 0.153. The van der Waals surface area contributed by atoms with Crippen LogP contribution in [0.4, 0.5) is 0 Å². The predicted molar refractivity (Wildman–Crippen MR) is 115 cm³/mol. The van der Waals surface area contributed by atoms with Crippen LogP contribution in [0, 0.1) is 0 Å². The molecule has 0 aliphatic rings. The van der Waals surface area contributed by atoms with Crippen molar-refractivity contribution < 1.29 is 5.11 Å². The first-order valence-electron chi connectivity index (χ1n) is 9.55. The van der Waals surface area contributed by atoms with E-state index in [-0.39, 0.29) is 12.1 Å². The fourth-order valence-electron chi connectivity index (χ4n) is 3.33. The Balaban J connectivity index is 1.63. The molecule has 1 atom stereocenters. The van der Waals surface area contributed by atoms with Crippen LogP contribution in [0.25, 0.3) is 16.8 Å². The third-order valence-electron chi connectivity index (χ3n) is 5.10. The number of rotatable bonds is 5. The molecule has 0 bridgehead atoms. The molecule has 148 valence electrons. The zero-order valence-electron chi connectivity index (χ0n) is 16.3. The van der Waals surface area contributed by atoms with Crippen molar-refractivity contribution in [3.63, 3.8) is 0 Å². The van der Waals surface area contributed by atoms with Gasteiger partial charge in [-0.3, -0.25) is 4.79 Å². The zero-order valence-corrected chi connectivity index (χ0v) is 17.0. The predicted octanol–water partition coefficient (Wildman–Crippen LogP) is 4.67. The van der Waals surface area contributed by atoms with E-state index in [1.165, 1.54) is 10.1 Å². The summed E-state index contributed by atoms with van der Waals surface area (Å²) in [6, 6.07) is 17.0. The molecule has 0 fully saturated rings. The number of aromatic nitrogens is 3. The second kappa shape index (κ2) is 7.85. The first-order chi connectivity index (χ1) is 13.9. The summed E-state index contributed by atoms with van der Waals surface area (Å²) in [6.07, 6.45) is 2.57. The van der Waals surface area contributed by atoms with Gasteiger partial charge in [0, 0.05) is 23.0 Å². The lowest BCUT2D eigenvalue weighted by Crippen LogP contribution is -2.24. The smallest absolute Gasteiger partial charge is 0.276 e. The Morgan fingerprint density at radius 1 is 1.00 bits per heavy atom. The summed E-state index contributed by atoms with van der Waals surface area (Å²) in [5.74, 6) is 0.462. The standard InChI is InChI=1S/C23H22ClN3O2/c1-15(2)16-3-5-17(6-4-16)20-13-21-23(29)26(11-12-27(21)25-20)14-22(28)18-7-9-19(24)10-8-18/h3-13,15,22,28H,14H2,1-2H3. The Hall–Kier alpha value is -2.89. The van der Waals surface area contributed by atoms with E-state index in [9.17, 15) is 9.90 Å². The maximum absolute atomic E-state index is 12.9. The molecule has 4 aromatic rings. The summed E-state index contributed by atoms with van der Waals surface area (Å²) in [5.41, 5.74) is 3.95. The molecule has 5 nitrogen and oxygen atoms in total. The normalized spacial score (nSPS) is 12.6. The largest absolute Gasteiger partial charge is 0.387 e. The van der Waals surface area contributed by atoms with E-state index < -0.39 is 6.10 Å². The Morgan fingerprint density at radius 3 is 2.31 bits per heavy atom. The number of aliphatic hydroxyl groups is 1. The number of fused-ring (bicyclic) bond motifs is 1. The van der Waals surface area contributed by atoms with Gasteiger partial charge in [0.2, 0.25) is 0 Å². The van der Waals surface area contributed by atoms with E-state index in [1.54, 1.807) is 47.2 Å². The van der Waals surface area contributed by atoms with Gasteiger partial charge in [-0.25, -0.2) is 4.52 Å². The molecule has 0 saturated carbocycles. The summed E-state index contributed by atoms with van der Waals surface area (Å²) in [6.45, 7) is 4.46. The SMILES string of the molecule is CC(C)c1ccc(-c2cc3c(=O)n(CC(O)c4ccc(Cl)cc4)ccn3n2)cc1. The van der Waals surface area contributed by atoms with Crippen molar-refractivity contribution in [3.8, 4) is 11.3 Å². The molecule has 0 saturated heterocycles. The van der Waals surface area contributed by atoms with Gasteiger partial charge in [0.1, 0.15) is 5.52 Å². The molecule has 29 heavy (non-hydrogen) atoms. The van der Waals surface area contributed by atoms with Crippen LogP contribution in [0.5, 0.6) is 0 Å². The van der Waals surface area contributed by atoms with Gasteiger partial charge in [0.05, 0.1) is 18.3 Å². The summed E-state index contributed by atoms with van der Waals surface area (Å²) in [5, 5.41) is 15.6. The molecular weight excluding hydrogens is 386 g/mol.